The van der Waals surface area contributed by atoms with Crippen LogP contribution in [0.25, 0.3) is 11.3 Å². The van der Waals surface area contributed by atoms with Gasteiger partial charge >= 0.3 is 0 Å². The van der Waals surface area contributed by atoms with E-state index in [9.17, 15) is 9.50 Å². The molecule has 1 aromatic carbocycles. The first kappa shape index (κ1) is 17.9. The molecule has 0 saturated heterocycles. The fourth-order valence-corrected chi connectivity index (χ4v) is 2.43. The predicted octanol–water partition coefficient (Wildman–Crippen LogP) is 3.96. The lowest BCUT2D eigenvalue weighted by molar-refractivity contribution is 0.209. The summed E-state index contributed by atoms with van der Waals surface area (Å²) < 4.78 is 14.0. The fourth-order valence-electron chi connectivity index (χ4n) is 2.31. The molecule has 0 aliphatic rings. The standard InChI is InChI=1S/C18H22ClFN2O/c1-11(2)18(10-23)21-9-17-15(20)6-7-16(22-17)13-4-5-14(19)12(3)8-13/h4-8,11,18,21,23H,9-10H2,1-3H3/t18-/m0/s1. The number of hydrogen-bond donors (Lipinski definition) is 2. The van der Waals surface area contributed by atoms with Crippen molar-refractivity contribution >= 4 is 11.6 Å². The lowest BCUT2D eigenvalue weighted by atomic mass is 10.1. The molecule has 3 nitrogen and oxygen atoms in total. The first-order chi connectivity index (χ1) is 10.9. The van der Waals surface area contributed by atoms with Crippen LogP contribution in [0.4, 0.5) is 4.39 Å². The van der Waals surface area contributed by atoms with Crippen LogP contribution in [-0.2, 0) is 6.54 Å². The topological polar surface area (TPSA) is 45.1 Å². The van der Waals surface area contributed by atoms with Gasteiger partial charge in [-0.1, -0.05) is 31.5 Å². The highest BCUT2D eigenvalue weighted by molar-refractivity contribution is 6.31. The number of nitrogens with one attached hydrogen (secondary N) is 1. The number of aryl methyl sites for hydroxylation is 1. The third-order valence-corrected chi connectivity index (χ3v) is 4.33. The fraction of sp³-hybridized carbons (Fsp3) is 0.389. The Morgan fingerprint density at radius 2 is 2.00 bits per heavy atom. The van der Waals surface area contributed by atoms with E-state index in [4.69, 9.17) is 11.6 Å². The molecule has 0 amide bonds. The van der Waals surface area contributed by atoms with Gasteiger partial charge in [-0.25, -0.2) is 9.37 Å². The molecular weight excluding hydrogens is 315 g/mol. The largest absolute Gasteiger partial charge is 0.395 e. The van der Waals surface area contributed by atoms with E-state index in [0.29, 0.717) is 16.4 Å². The molecule has 1 heterocycles. The average molecular weight is 337 g/mol. The van der Waals surface area contributed by atoms with Gasteiger partial charge in [-0.2, -0.15) is 0 Å². The van der Waals surface area contributed by atoms with Gasteiger partial charge in [-0.3, -0.25) is 0 Å². The number of aliphatic hydroxyl groups is 1. The Morgan fingerprint density at radius 1 is 1.26 bits per heavy atom. The minimum absolute atomic E-state index is 0.00928. The molecule has 23 heavy (non-hydrogen) atoms. The van der Waals surface area contributed by atoms with Crippen LogP contribution in [0.2, 0.25) is 5.02 Å². The second-order valence-electron chi connectivity index (χ2n) is 6.00. The molecule has 0 saturated carbocycles. The van der Waals surface area contributed by atoms with Crippen molar-refractivity contribution in [3.63, 3.8) is 0 Å². The van der Waals surface area contributed by atoms with Gasteiger partial charge in [-0.05, 0) is 42.7 Å². The first-order valence-corrected chi connectivity index (χ1v) is 8.06. The summed E-state index contributed by atoms with van der Waals surface area (Å²) in [5.74, 6) is -0.0995. The molecule has 2 N–H and O–H groups in total. The van der Waals surface area contributed by atoms with E-state index in [1.54, 1.807) is 6.07 Å². The minimum atomic E-state index is -0.354. The molecule has 124 valence electrons. The first-order valence-electron chi connectivity index (χ1n) is 7.68. The van der Waals surface area contributed by atoms with Crippen LogP contribution in [0.15, 0.2) is 30.3 Å². The quantitative estimate of drug-likeness (QED) is 0.839. The highest BCUT2D eigenvalue weighted by Gasteiger charge is 2.14. The normalized spacial score (nSPS) is 12.7. The van der Waals surface area contributed by atoms with E-state index in [0.717, 1.165) is 11.1 Å². The van der Waals surface area contributed by atoms with Crippen molar-refractivity contribution < 1.29 is 9.50 Å². The van der Waals surface area contributed by atoms with Crippen LogP contribution in [0, 0.1) is 18.7 Å². The van der Waals surface area contributed by atoms with Crippen LogP contribution in [0.1, 0.15) is 25.1 Å². The van der Waals surface area contributed by atoms with Gasteiger partial charge in [0.2, 0.25) is 0 Å². The van der Waals surface area contributed by atoms with Crippen LogP contribution < -0.4 is 5.32 Å². The van der Waals surface area contributed by atoms with Gasteiger partial charge in [0, 0.05) is 23.2 Å². The van der Waals surface area contributed by atoms with E-state index >= 15 is 0 Å². The van der Waals surface area contributed by atoms with Crippen molar-refractivity contribution in [3.05, 3.63) is 52.4 Å². The Bertz CT molecular complexity index is 676. The summed E-state index contributed by atoms with van der Waals surface area (Å²) >= 11 is 6.04. The molecule has 0 aliphatic carbocycles. The number of aromatic nitrogens is 1. The zero-order valence-electron chi connectivity index (χ0n) is 13.6. The molecular formula is C18H22ClFN2O. The van der Waals surface area contributed by atoms with Crippen LogP contribution in [0.3, 0.4) is 0 Å². The lowest BCUT2D eigenvalue weighted by Crippen LogP contribution is -2.36. The molecule has 0 spiro atoms. The Morgan fingerprint density at radius 3 is 2.61 bits per heavy atom. The van der Waals surface area contributed by atoms with E-state index in [1.165, 1.54) is 6.07 Å². The summed E-state index contributed by atoms with van der Waals surface area (Å²) in [6, 6.07) is 8.62. The number of benzene rings is 1. The maximum absolute atomic E-state index is 14.0. The SMILES string of the molecule is Cc1cc(-c2ccc(F)c(CN[C@@H](CO)C(C)C)n2)ccc1Cl. The molecule has 0 aliphatic heterocycles. The number of halogens is 2. The van der Waals surface area contributed by atoms with E-state index in [-0.39, 0.29) is 30.9 Å². The highest BCUT2D eigenvalue weighted by Crippen LogP contribution is 2.24. The van der Waals surface area contributed by atoms with Crippen LogP contribution in [0.5, 0.6) is 0 Å². The van der Waals surface area contributed by atoms with Crippen molar-refractivity contribution in [1.82, 2.24) is 10.3 Å². The molecule has 2 rings (SSSR count). The van der Waals surface area contributed by atoms with Gasteiger partial charge in [0.05, 0.1) is 18.0 Å². The number of pyridine rings is 1. The molecule has 2 aromatic rings. The molecule has 5 heteroatoms. The third kappa shape index (κ3) is 4.50. The second kappa shape index (κ2) is 7.86. The molecule has 0 bridgehead atoms. The van der Waals surface area contributed by atoms with Gasteiger partial charge in [0.1, 0.15) is 5.82 Å². The molecule has 1 aromatic heterocycles. The smallest absolute Gasteiger partial charge is 0.146 e. The van der Waals surface area contributed by atoms with Crippen molar-refractivity contribution in [2.24, 2.45) is 5.92 Å². The Kier molecular flexibility index (Phi) is 6.10. The molecule has 1 atom stereocenters. The third-order valence-electron chi connectivity index (χ3n) is 3.91. The van der Waals surface area contributed by atoms with Crippen molar-refractivity contribution in [3.8, 4) is 11.3 Å². The zero-order valence-corrected chi connectivity index (χ0v) is 14.4. The van der Waals surface area contributed by atoms with Gasteiger partial charge in [0.15, 0.2) is 0 Å². The summed E-state index contributed by atoms with van der Waals surface area (Å²) in [6.07, 6.45) is 0. The Labute approximate surface area is 141 Å². The van der Waals surface area contributed by atoms with Crippen LogP contribution in [-0.4, -0.2) is 22.7 Å². The van der Waals surface area contributed by atoms with E-state index < -0.39 is 0 Å². The van der Waals surface area contributed by atoms with Crippen molar-refractivity contribution in [2.75, 3.05) is 6.61 Å². The lowest BCUT2D eigenvalue weighted by Gasteiger charge is -2.20. The van der Waals surface area contributed by atoms with E-state index in [2.05, 4.69) is 10.3 Å². The Balaban J connectivity index is 2.23. The molecule has 0 unspecified atom stereocenters. The summed E-state index contributed by atoms with van der Waals surface area (Å²) in [7, 11) is 0. The number of aliphatic hydroxyl groups excluding tert-OH is 1. The maximum atomic E-state index is 14.0. The van der Waals surface area contributed by atoms with E-state index in [1.807, 2.05) is 39.0 Å². The summed E-state index contributed by atoms with van der Waals surface area (Å²) in [5, 5.41) is 13.2. The van der Waals surface area contributed by atoms with Crippen molar-refractivity contribution in [2.45, 2.75) is 33.4 Å². The minimum Gasteiger partial charge on any atom is -0.395 e. The van der Waals surface area contributed by atoms with Gasteiger partial charge in [-0.15, -0.1) is 0 Å². The number of rotatable bonds is 6. The highest BCUT2D eigenvalue weighted by atomic mass is 35.5. The van der Waals surface area contributed by atoms with Crippen molar-refractivity contribution in [1.29, 1.82) is 0 Å². The summed E-state index contributed by atoms with van der Waals surface area (Å²) in [4.78, 5) is 4.42. The monoisotopic (exact) mass is 336 g/mol. The number of nitrogens with zero attached hydrogens (tertiary/aromatic N) is 1. The Hall–Kier alpha value is -1.49. The molecule has 0 radical (unpaired) electrons. The van der Waals surface area contributed by atoms with Crippen LogP contribution >= 0.6 is 11.6 Å². The average Bonchev–Trinajstić information content (AvgIpc) is 2.52. The molecule has 0 fully saturated rings. The maximum Gasteiger partial charge on any atom is 0.146 e. The number of hydrogen-bond acceptors (Lipinski definition) is 3. The predicted molar refractivity (Wildman–Crippen MR) is 91.9 cm³/mol. The van der Waals surface area contributed by atoms with Gasteiger partial charge in [0.25, 0.3) is 0 Å². The second-order valence-corrected chi connectivity index (χ2v) is 6.41. The van der Waals surface area contributed by atoms with Gasteiger partial charge < -0.3 is 10.4 Å². The summed E-state index contributed by atoms with van der Waals surface area (Å²) in [6.45, 7) is 6.21. The summed E-state index contributed by atoms with van der Waals surface area (Å²) in [5.41, 5.74) is 2.90. The zero-order chi connectivity index (χ0) is 17.0.